The van der Waals surface area contributed by atoms with Gasteiger partial charge in [0.05, 0.1) is 0 Å². The standard InChI is InChI=1S/C13H9BrF4N2O2S/c14-9-5-11(7-19-6-9)23(21,22)20-12(13(16,17)18)8-1-3-10(15)4-2-8/h1-7,12,20H. The van der Waals surface area contributed by atoms with Crippen molar-refractivity contribution < 1.29 is 26.0 Å². The number of benzene rings is 1. The summed E-state index contributed by atoms with van der Waals surface area (Å²) in [7, 11) is -4.48. The zero-order chi connectivity index (χ0) is 17.3. The van der Waals surface area contributed by atoms with Gasteiger partial charge in [-0.2, -0.15) is 17.9 Å². The summed E-state index contributed by atoms with van der Waals surface area (Å²) in [6.45, 7) is 0. The minimum Gasteiger partial charge on any atom is -0.262 e. The molecule has 1 heterocycles. The van der Waals surface area contributed by atoms with Gasteiger partial charge in [-0.3, -0.25) is 4.98 Å². The van der Waals surface area contributed by atoms with Crippen LogP contribution in [-0.4, -0.2) is 19.6 Å². The molecule has 4 nitrogen and oxygen atoms in total. The van der Waals surface area contributed by atoms with E-state index < -0.39 is 38.5 Å². The van der Waals surface area contributed by atoms with Crippen molar-refractivity contribution in [1.82, 2.24) is 9.71 Å². The van der Waals surface area contributed by atoms with E-state index in [4.69, 9.17) is 0 Å². The van der Waals surface area contributed by atoms with Crippen molar-refractivity contribution in [2.24, 2.45) is 0 Å². The van der Waals surface area contributed by atoms with Crippen molar-refractivity contribution >= 4 is 26.0 Å². The Morgan fingerprint density at radius 3 is 2.26 bits per heavy atom. The molecule has 0 aliphatic carbocycles. The van der Waals surface area contributed by atoms with Crippen LogP contribution in [0.1, 0.15) is 11.6 Å². The molecule has 2 rings (SSSR count). The van der Waals surface area contributed by atoms with Crippen LogP contribution in [0.4, 0.5) is 17.6 Å². The SMILES string of the molecule is O=S(=O)(NC(c1ccc(F)cc1)C(F)(F)F)c1cncc(Br)c1. The van der Waals surface area contributed by atoms with Gasteiger partial charge in [-0.05, 0) is 39.7 Å². The summed E-state index contributed by atoms with van der Waals surface area (Å²) in [5.74, 6) is -0.728. The summed E-state index contributed by atoms with van der Waals surface area (Å²) < 4.78 is 78.6. The second-order valence-electron chi connectivity index (χ2n) is 4.49. The van der Waals surface area contributed by atoms with Gasteiger partial charge < -0.3 is 0 Å². The lowest BCUT2D eigenvalue weighted by Crippen LogP contribution is -2.38. The number of aromatic nitrogens is 1. The fourth-order valence-electron chi connectivity index (χ4n) is 1.74. The second kappa shape index (κ2) is 6.54. The highest BCUT2D eigenvalue weighted by Gasteiger charge is 2.43. The fraction of sp³-hybridized carbons (Fsp3) is 0.154. The van der Waals surface area contributed by atoms with Crippen LogP contribution >= 0.6 is 15.9 Å². The number of sulfonamides is 1. The molecule has 0 bridgehead atoms. The average Bonchev–Trinajstić information content (AvgIpc) is 2.45. The molecule has 1 unspecified atom stereocenters. The topological polar surface area (TPSA) is 59.1 Å². The van der Waals surface area contributed by atoms with Gasteiger partial charge >= 0.3 is 6.18 Å². The molecule has 0 saturated heterocycles. The van der Waals surface area contributed by atoms with Crippen LogP contribution in [0.15, 0.2) is 52.1 Å². The predicted octanol–water partition coefficient (Wildman–Crippen LogP) is 3.57. The molecule has 124 valence electrons. The number of pyridine rings is 1. The summed E-state index contributed by atoms with van der Waals surface area (Å²) >= 11 is 2.99. The molecule has 0 spiro atoms. The lowest BCUT2D eigenvalue weighted by atomic mass is 10.1. The number of hydrogen-bond donors (Lipinski definition) is 1. The number of alkyl halides is 3. The molecule has 1 aromatic heterocycles. The Bertz CT molecular complexity index is 794. The van der Waals surface area contributed by atoms with Gasteiger partial charge in [-0.15, -0.1) is 0 Å². The van der Waals surface area contributed by atoms with E-state index in [1.807, 2.05) is 0 Å². The highest BCUT2D eigenvalue weighted by atomic mass is 79.9. The maximum absolute atomic E-state index is 13.2. The van der Waals surface area contributed by atoms with Gasteiger partial charge in [-0.1, -0.05) is 12.1 Å². The van der Waals surface area contributed by atoms with E-state index in [2.05, 4.69) is 20.9 Å². The Morgan fingerprint density at radius 2 is 1.74 bits per heavy atom. The van der Waals surface area contributed by atoms with Gasteiger partial charge in [0.2, 0.25) is 10.0 Å². The van der Waals surface area contributed by atoms with E-state index in [1.54, 1.807) is 4.72 Å². The lowest BCUT2D eigenvalue weighted by molar-refractivity contribution is -0.153. The Morgan fingerprint density at radius 1 is 1.13 bits per heavy atom. The third-order valence-electron chi connectivity index (χ3n) is 2.79. The largest absolute Gasteiger partial charge is 0.408 e. The van der Waals surface area contributed by atoms with E-state index in [0.29, 0.717) is 4.47 Å². The third-order valence-corrected chi connectivity index (χ3v) is 4.62. The van der Waals surface area contributed by atoms with Crippen LogP contribution in [0.25, 0.3) is 0 Å². The number of nitrogens with zero attached hydrogens (tertiary/aromatic N) is 1. The fourth-order valence-corrected chi connectivity index (χ4v) is 3.46. The zero-order valence-corrected chi connectivity index (χ0v) is 13.6. The van der Waals surface area contributed by atoms with E-state index in [0.717, 1.165) is 36.5 Å². The molecule has 10 heteroatoms. The Hall–Kier alpha value is -1.52. The average molecular weight is 413 g/mol. The molecule has 0 fully saturated rings. The minimum atomic E-state index is -4.90. The predicted molar refractivity (Wildman–Crippen MR) is 77.5 cm³/mol. The molecule has 2 aromatic rings. The molecule has 1 atom stereocenters. The van der Waals surface area contributed by atoms with E-state index in [9.17, 15) is 26.0 Å². The maximum Gasteiger partial charge on any atom is 0.408 e. The number of nitrogens with one attached hydrogen (secondary N) is 1. The quantitative estimate of drug-likeness (QED) is 0.780. The van der Waals surface area contributed by atoms with Crippen LogP contribution < -0.4 is 4.72 Å². The van der Waals surface area contributed by atoms with Crippen molar-refractivity contribution in [2.75, 3.05) is 0 Å². The Kier molecular flexibility index (Phi) is 5.07. The second-order valence-corrected chi connectivity index (χ2v) is 7.12. The van der Waals surface area contributed by atoms with Crippen LogP contribution in [-0.2, 0) is 10.0 Å². The molecule has 1 aromatic carbocycles. The van der Waals surface area contributed by atoms with E-state index in [1.165, 1.54) is 6.20 Å². The lowest BCUT2D eigenvalue weighted by Gasteiger charge is -2.22. The Labute approximate surface area is 137 Å². The van der Waals surface area contributed by atoms with Crippen LogP contribution in [0.3, 0.4) is 0 Å². The van der Waals surface area contributed by atoms with Crippen molar-refractivity contribution in [3.05, 3.63) is 58.6 Å². The van der Waals surface area contributed by atoms with E-state index >= 15 is 0 Å². The van der Waals surface area contributed by atoms with Crippen molar-refractivity contribution in [3.63, 3.8) is 0 Å². The molecule has 0 amide bonds. The number of hydrogen-bond acceptors (Lipinski definition) is 3. The highest BCUT2D eigenvalue weighted by molar-refractivity contribution is 9.10. The van der Waals surface area contributed by atoms with Gasteiger partial charge in [0, 0.05) is 16.9 Å². The molecule has 23 heavy (non-hydrogen) atoms. The van der Waals surface area contributed by atoms with Crippen LogP contribution in [0, 0.1) is 5.82 Å². The molecule has 0 aliphatic rings. The van der Waals surface area contributed by atoms with Crippen LogP contribution in [0.5, 0.6) is 0 Å². The Balaban J connectivity index is 2.40. The molecular formula is C13H9BrF4N2O2S. The summed E-state index contributed by atoms with van der Waals surface area (Å²) in [6.07, 6.45) is -2.68. The summed E-state index contributed by atoms with van der Waals surface area (Å²) in [5, 5.41) is 0. The van der Waals surface area contributed by atoms with Crippen LogP contribution in [0.2, 0.25) is 0 Å². The first-order chi connectivity index (χ1) is 10.6. The molecule has 1 N–H and O–H groups in total. The first-order valence-electron chi connectivity index (χ1n) is 6.04. The highest BCUT2D eigenvalue weighted by Crippen LogP contribution is 2.34. The van der Waals surface area contributed by atoms with E-state index in [-0.39, 0.29) is 0 Å². The van der Waals surface area contributed by atoms with Gasteiger partial charge in [0.1, 0.15) is 16.8 Å². The van der Waals surface area contributed by atoms with Gasteiger partial charge in [0.25, 0.3) is 0 Å². The first-order valence-corrected chi connectivity index (χ1v) is 8.32. The monoisotopic (exact) mass is 412 g/mol. The zero-order valence-electron chi connectivity index (χ0n) is 11.2. The van der Waals surface area contributed by atoms with Gasteiger partial charge in [-0.25, -0.2) is 12.8 Å². The molecular weight excluding hydrogens is 404 g/mol. The smallest absolute Gasteiger partial charge is 0.262 e. The summed E-state index contributed by atoms with van der Waals surface area (Å²) in [5.41, 5.74) is -0.426. The van der Waals surface area contributed by atoms with Crippen molar-refractivity contribution in [1.29, 1.82) is 0 Å². The molecule has 0 radical (unpaired) electrons. The minimum absolute atomic E-state index is 0.297. The van der Waals surface area contributed by atoms with Crippen molar-refractivity contribution in [3.8, 4) is 0 Å². The summed E-state index contributed by atoms with van der Waals surface area (Å²) in [4.78, 5) is 3.18. The summed E-state index contributed by atoms with van der Waals surface area (Å²) in [6, 6.07) is 2.00. The number of rotatable bonds is 4. The molecule has 0 saturated carbocycles. The molecule has 0 aliphatic heterocycles. The van der Waals surface area contributed by atoms with Gasteiger partial charge in [0.15, 0.2) is 0 Å². The number of halogens is 5. The normalized spacial score (nSPS) is 13.8. The maximum atomic E-state index is 13.2. The third kappa shape index (κ3) is 4.49. The first kappa shape index (κ1) is 17.8. The van der Waals surface area contributed by atoms with Crippen molar-refractivity contribution in [2.45, 2.75) is 17.1 Å².